The van der Waals surface area contributed by atoms with E-state index in [1.807, 2.05) is 60.7 Å². The summed E-state index contributed by atoms with van der Waals surface area (Å²) in [4.78, 5) is 38.4. The molecule has 0 aliphatic rings. The highest BCUT2D eigenvalue weighted by molar-refractivity contribution is 5.96. The second kappa shape index (κ2) is 15.0. The highest BCUT2D eigenvalue weighted by Crippen LogP contribution is 2.32. The SMILES string of the molecule is COc1cc([C@H](Nc2ccc(C(=N)N)cc2)C(=O)N[C@@H](Cc2ccccc2)C(=O)OC(C)=O)ccc1OCc1ccccc1. The Morgan fingerprint density at radius 2 is 1.48 bits per heavy atom. The number of anilines is 1. The Morgan fingerprint density at radius 3 is 2.07 bits per heavy atom. The standard InChI is InChI=1S/C34H34N4O6/c1-22(39)44-34(41)28(19-23-9-5-3-6-10-23)38-33(40)31(37-27-16-13-25(14-17-27)32(35)36)26-15-18-29(30(20-26)42-2)43-21-24-11-7-4-8-12-24/h3-18,20,28,31,37H,19,21H2,1-2H3,(H3,35,36)(H,38,40)/t28-,31-/m0/s1. The van der Waals surface area contributed by atoms with Crippen LogP contribution in [0, 0.1) is 5.41 Å². The van der Waals surface area contributed by atoms with E-state index in [1.165, 1.54) is 7.11 Å². The summed E-state index contributed by atoms with van der Waals surface area (Å²) in [6.07, 6.45) is 0.105. The van der Waals surface area contributed by atoms with E-state index >= 15 is 0 Å². The highest BCUT2D eigenvalue weighted by Gasteiger charge is 2.29. The first-order valence-corrected chi connectivity index (χ1v) is 13.9. The molecule has 0 bridgehead atoms. The average Bonchev–Trinajstić information content (AvgIpc) is 3.03. The van der Waals surface area contributed by atoms with Gasteiger partial charge in [-0.25, -0.2) is 4.79 Å². The van der Waals surface area contributed by atoms with Crippen LogP contribution < -0.4 is 25.8 Å². The molecule has 0 saturated carbocycles. The predicted octanol–water partition coefficient (Wildman–Crippen LogP) is 4.53. The van der Waals surface area contributed by atoms with E-state index in [0.29, 0.717) is 34.9 Å². The van der Waals surface area contributed by atoms with Gasteiger partial charge in [-0.05, 0) is 53.1 Å². The third-order valence-corrected chi connectivity index (χ3v) is 6.66. The maximum absolute atomic E-state index is 13.9. The van der Waals surface area contributed by atoms with Crippen molar-refractivity contribution in [3.8, 4) is 11.5 Å². The van der Waals surface area contributed by atoms with Gasteiger partial charge in [-0.15, -0.1) is 0 Å². The third-order valence-electron chi connectivity index (χ3n) is 6.66. The van der Waals surface area contributed by atoms with Gasteiger partial charge in [0.25, 0.3) is 0 Å². The van der Waals surface area contributed by atoms with Gasteiger partial charge in [0.15, 0.2) is 11.5 Å². The van der Waals surface area contributed by atoms with Crippen molar-refractivity contribution in [3.63, 3.8) is 0 Å². The third kappa shape index (κ3) is 8.68. The molecular formula is C34H34N4O6. The van der Waals surface area contributed by atoms with Crippen LogP contribution >= 0.6 is 0 Å². The number of hydrogen-bond acceptors (Lipinski definition) is 8. The van der Waals surface area contributed by atoms with Crippen molar-refractivity contribution in [3.05, 3.63) is 125 Å². The molecule has 0 spiro atoms. The number of hydrogen-bond donors (Lipinski definition) is 4. The molecular weight excluding hydrogens is 560 g/mol. The minimum atomic E-state index is -1.14. The van der Waals surface area contributed by atoms with Gasteiger partial charge < -0.3 is 30.6 Å². The Hall–Kier alpha value is -5.64. The summed E-state index contributed by atoms with van der Waals surface area (Å²) in [6.45, 7) is 1.45. The van der Waals surface area contributed by atoms with Crippen LogP contribution in [-0.4, -0.2) is 36.8 Å². The molecule has 4 aromatic carbocycles. The number of benzene rings is 4. The number of carbonyl (C=O) groups excluding carboxylic acids is 3. The lowest BCUT2D eigenvalue weighted by Gasteiger charge is -2.24. The first-order chi connectivity index (χ1) is 21.2. The highest BCUT2D eigenvalue weighted by atomic mass is 16.6. The molecule has 0 unspecified atom stereocenters. The number of esters is 2. The molecule has 44 heavy (non-hydrogen) atoms. The molecule has 4 aromatic rings. The van der Waals surface area contributed by atoms with Gasteiger partial charge in [-0.2, -0.15) is 0 Å². The Bertz CT molecular complexity index is 1590. The fourth-order valence-electron chi connectivity index (χ4n) is 4.44. The van der Waals surface area contributed by atoms with Gasteiger partial charge in [-0.3, -0.25) is 15.0 Å². The molecule has 10 nitrogen and oxygen atoms in total. The minimum absolute atomic E-state index is 0.0885. The molecule has 2 atom stereocenters. The summed E-state index contributed by atoms with van der Waals surface area (Å²) in [6, 6.07) is 28.4. The fraction of sp³-hybridized carbons (Fsp3) is 0.176. The zero-order chi connectivity index (χ0) is 31.5. The number of methoxy groups -OCH3 is 1. The number of amides is 1. The number of nitrogen functional groups attached to an aromatic ring is 1. The van der Waals surface area contributed by atoms with Crippen molar-refractivity contribution >= 4 is 29.4 Å². The van der Waals surface area contributed by atoms with Gasteiger partial charge in [0.1, 0.15) is 24.5 Å². The van der Waals surface area contributed by atoms with Crippen molar-refractivity contribution in [2.45, 2.75) is 32.0 Å². The second-order valence-corrected chi connectivity index (χ2v) is 9.92. The molecule has 0 aliphatic carbocycles. The second-order valence-electron chi connectivity index (χ2n) is 9.92. The number of carbonyl (C=O) groups is 3. The van der Waals surface area contributed by atoms with Crippen LogP contribution in [0.1, 0.15) is 35.2 Å². The summed E-state index contributed by atoms with van der Waals surface area (Å²) >= 11 is 0. The Labute approximate surface area is 255 Å². The van der Waals surface area contributed by atoms with Crippen LogP contribution in [0.5, 0.6) is 11.5 Å². The summed E-state index contributed by atoms with van der Waals surface area (Å²) in [5.41, 5.74) is 8.94. The van der Waals surface area contributed by atoms with Gasteiger partial charge in [-0.1, -0.05) is 66.7 Å². The topological polar surface area (TPSA) is 153 Å². The molecule has 4 rings (SSSR count). The molecule has 0 radical (unpaired) electrons. The maximum atomic E-state index is 13.9. The van der Waals surface area contributed by atoms with Crippen molar-refractivity contribution in [2.24, 2.45) is 5.73 Å². The first kappa shape index (κ1) is 31.3. The Balaban J connectivity index is 1.64. The molecule has 5 N–H and O–H groups in total. The Kier molecular flexibility index (Phi) is 10.7. The predicted molar refractivity (Wildman–Crippen MR) is 166 cm³/mol. The van der Waals surface area contributed by atoms with Crippen LogP contribution in [0.2, 0.25) is 0 Å². The van der Waals surface area contributed by atoms with Crippen LogP contribution in [-0.2, 0) is 32.1 Å². The number of ether oxygens (including phenoxy) is 3. The van der Waals surface area contributed by atoms with Crippen LogP contribution in [0.25, 0.3) is 0 Å². The van der Waals surface area contributed by atoms with Crippen molar-refractivity contribution in [1.82, 2.24) is 5.32 Å². The molecule has 226 valence electrons. The van der Waals surface area contributed by atoms with Gasteiger partial charge in [0.2, 0.25) is 5.91 Å². The van der Waals surface area contributed by atoms with Gasteiger partial charge >= 0.3 is 11.9 Å². The van der Waals surface area contributed by atoms with E-state index in [4.69, 9.17) is 25.4 Å². The first-order valence-electron chi connectivity index (χ1n) is 13.9. The summed E-state index contributed by atoms with van der Waals surface area (Å²) in [5.74, 6) is -1.41. The number of rotatable bonds is 13. The molecule has 10 heteroatoms. The molecule has 0 aromatic heterocycles. The Morgan fingerprint density at radius 1 is 0.841 bits per heavy atom. The quantitative estimate of drug-likeness (QED) is 0.0763. The summed E-state index contributed by atoms with van der Waals surface area (Å²) < 4.78 is 16.5. The molecule has 0 fully saturated rings. The van der Waals surface area contributed by atoms with E-state index in [0.717, 1.165) is 18.1 Å². The number of nitrogens with one attached hydrogen (secondary N) is 3. The van der Waals surface area contributed by atoms with E-state index < -0.39 is 29.9 Å². The number of amidine groups is 1. The molecule has 1 amide bonds. The largest absolute Gasteiger partial charge is 0.493 e. The number of nitrogens with two attached hydrogens (primary N) is 1. The van der Waals surface area contributed by atoms with Crippen molar-refractivity contribution in [2.75, 3.05) is 12.4 Å². The zero-order valence-corrected chi connectivity index (χ0v) is 24.4. The average molecular weight is 595 g/mol. The fourth-order valence-corrected chi connectivity index (χ4v) is 4.44. The van der Waals surface area contributed by atoms with E-state index in [-0.39, 0.29) is 12.3 Å². The van der Waals surface area contributed by atoms with Crippen molar-refractivity contribution < 1.29 is 28.6 Å². The maximum Gasteiger partial charge on any atom is 0.336 e. The lowest BCUT2D eigenvalue weighted by atomic mass is 10.0. The van der Waals surface area contributed by atoms with Gasteiger partial charge in [0.05, 0.1) is 7.11 Å². The van der Waals surface area contributed by atoms with Crippen LogP contribution in [0.15, 0.2) is 103 Å². The van der Waals surface area contributed by atoms with Crippen LogP contribution in [0.3, 0.4) is 0 Å². The van der Waals surface area contributed by atoms with Crippen molar-refractivity contribution in [1.29, 1.82) is 5.41 Å². The normalized spacial score (nSPS) is 11.9. The molecule has 0 heterocycles. The van der Waals surface area contributed by atoms with Crippen LogP contribution in [0.4, 0.5) is 5.69 Å². The van der Waals surface area contributed by atoms with E-state index in [9.17, 15) is 14.4 Å². The lowest BCUT2D eigenvalue weighted by molar-refractivity contribution is -0.160. The lowest BCUT2D eigenvalue weighted by Crippen LogP contribution is -2.46. The summed E-state index contributed by atoms with van der Waals surface area (Å²) in [5, 5.41) is 13.6. The molecule has 0 saturated heterocycles. The minimum Gasteiger partial charge on any atom is -0.493 e. The smallest absolute Gasteiger partial charge is 0.336 e. The zero-order valence-electron chi connectivity index (χ0n) is 24.4. The van der Waals surface area contributed by atoms with E-state index in [2.05, 4.69) is 10.6 Å². The molecule has 0 aliphatic heterocycles. The summed E-state index contributed by atoms with van der Waals surface area (Å²) in [7, 11) is 1.51. The van der Waals surface area contributed by atoms with E-state index in [1.54, 1.807) is 42.5 Å². The monoisotopic (exact) mass is 594 g/mol. The van der Waals surface area contributed by atoms with Gasteiger partial charge in [0, 0.05) is 24.6 Å².